The van der Waals surface area contributed by atoms with Gasteiger partial charge in [0, 0.05) is 22.8 Å². The summed E-state index contributed by atoms with van der Waals surface area (Å²) in [4.78, 5) is 24.7. The van der Waals surface area contributed by atoms with Gasteiger partial charge in [-0.25, -0.2) is 0 Å². The molecule has 5 nitrogen and oxygen atoms in total. The molecule has 0 aromatic heterocycles. The fourth-order valence-corrected chi connectivity index (χ4v) is 3.06. The third-order valence-corrected chi connectivity index (χ3v) is 5.08. The molecule has 0 unspecified atom stereocenters. The van der Waals surface area contributed by atoms with Crippen LogP contribution < -0.4 is 15.4 Å². The van der Waals surface area contributed by atoms with E-state index in [1.165, 1.54) is 0 Å². The maximum Gasteiger partial charge on any atom is 0.262 e. The van der Waals surface area contributed by atoms with E-state index in [9.17, 15) is 9.59 Å². The minimum absolute atomic E-state index is 0.148. The number of aryl methyl sites for hydroxylation is 2. The summed E-state index contributed by atoms with van der Waals surface area (Å²) in [6.07, 6.45) is 0. The number of rotatable bonds is 7. The van der Waals surface area contributed by atoms with Gasteiger partial charge in [0.05, 0.1) is 0 Å². The quantitative estimate of drug-likeness (QED) is 0.568. The minimum Gasteiger partial charge on any atom is -0.484 e. The van der Waals surface area contributed by atoms with Crippen molar-refractivity contribution in [3.63, 3.8) is 0 Å². The van der Waals surface area contributed by atoms with Crippen molar-refractivity contribution in [1.82, 2.24) is 5.32 Å². The zero-order valence-corrected chi connectivity index (χ0v) is 17.6. The topological polar surface area (TPSA) is 67.4 Å². The van der Waals surface area contributed by atoms with Gasteiger partial charge in [-0.15, -0.1) is 0 Å². The molecule has 0 spiro atoms. The molecule has 0 saturated heterocycles. The van der Waals surface area contributed by atoms with Gasteiger partial charge in [0.15, 0.2) is 6.61 Å². The van der Waals surface area contributed by atoms with Crippen LogP contribution in [-0.2, 0) is 11.3 Å². The molecule has 2 amide bonds. The highest BCUT2D eigenvalue weighted by molar-refractivity contribution is 6.32. The summed E-state index contributed by atoms with van der Waals surface area (Å²) in [5, 5.41) is 6.31. The van der Waals surface area contributed by atoms with Crippen LogP contribution in [0.2, 0.25) is 5.02 Å². The summed E-state index contributed by atoms with van der Waals surface area (Å²) in [6.45, 7) is 4.06. The number of carbonyl (C=O) groups is 2. The van der Waals surface area contributed by atoms with Crippen molar-refractivity contribution in [3.8, 4) is 5.75 Å². The maximum absolute atomic E-state index is 12.4. The van der Waals surface area contributed by atoms with E-state index >= 15 is 0 Å². The van der Waals surface area contributed by atoms with Crippen molar-refractivity contribution in [1.29, 1.82) is 0 Å². The average Bonchev–Trinajstić information content (AvgIpc) is 2.75. The van der Waals surface area contributed by atoms with Crippen LogP contribution in [0.25, 0.3) is 0 Å². The van der Waals surface area contributed by atoms with Crippen molar-refractivity contribution in [2.24, 2.45) is 0 Å². The van der Waals surface area contributed by atoms with Gasteiger partial charge in [-0.05, 0) is 60.9 Å². The van der Waals surface area contributed by atoms with Crippen LogP contribution in [0.5, 0.6) is 5.75 Å². The molecule has 2 N–H and O–H groups in total. The Morgan fingerprint density at radius 1 is 0.933 bits per heavy atom. The first-order valence-electron chi connectivity index (χ1n) is 9.54. The Morgan fingerprint density at radius 3 is 2.33 bits per heavy atom. The molecule has 3 aromatic rings. The monoisotopic (exact) mass is 422 g/mol. The number of halogens is 1. The second-order valence-electron chi connectivity index (χ2n) is 6.96. The fraction of sp³-hybridized carbons (Fsp3) is 0.167. The molecule has 3 aromatic carbocycles. The Balaban J connectivity index is 1.55. The summed E-state index contributed by atoms with van der Waals surface area (Å²) in [5.74, 6) is 0.0546. The van der Waals surface area contributed by atoms with Gasteiger partial charge in [0.25, 0.3) is 11.8 Å². The van der Waals surface area contributed by atoms with Gasteiger partial charge in [-0.3, -0.25) is 9.59 Å². The molecule has 0 bridgehead atoms. The summed E-state index contributed by atoms with van der Waals surface area (Å²) in [7, 11) is 0. The molecule has 0 atom stereocenters. The number of hydrogen-bond donors (Lipinski definition) is 2. The van der Waals surface area contributed by atoms with Crippen LogP contribution in [0.1, 0.15) is 27.0 Å². The number of amides is 2. The lowest BCUT2D eigenvalue weighted by atomic mass is 10.1. The largest absolute Gasteiger partial charge is 0.484 e. The Kier molecular flexibility index (Phi) is 7.09. The first-order valence-corrected chi connectivity index (χ1v) is 9.92. The summed E-state index contributed by atoms with van der Waals surface area (Å²) in [6, 6.07) is 20.0. The molecule has 0 aliphatic carbocycles. The van der Waals surface area contributed by atoms with Gasteiger partial charge in [-0.2, -0.15) is 0 Å². The van der Waals surface area contributed by atoms with Crippen molar-refractivity contribution in [2.75, 3.05) is 11.9 Å². The molecule has 0 saturated carbocycles. The van der Waals surface area contributed by atoms with Crippen LogP contribution in [0.15, 0.2) is 66.7 Å². The molecule has 6 heteroatoms. The number of carbonyl (C=O) groups excluding carboxylic acids is 2. The van der Waals surface area contributed by atoms with Gasteiger partial charge in [-0.1, -0.05) is 48.0 Å². The number of hydrogen-bond acceptors (Lipinski definition) is 3. The Hall–Kier alpha value is -3.31. The van der Waals surface area contributed by atoms with Crippen molar-refractivity contribution < 1.29 is 14.3 Å². The van der Waals surface area contributed by atoms with Gasteiger partial charge < -0.3 is 15.4 Å². The molecule has 0 radical (unpaired) electrons. The van der Waals surface area contributed by atoms with Crippen LogP contribution in [0.4, 0.5) is 5.69 Å². The smallest absolute Gasteiger partial charge is 0.262 e. The highest BCUT2D eigenvalue weighted by Gasteiger charge is 2.10. The van der Waals surface area contributed by atoms with E-state index in [0.29, 0.717) is 28.6 Å². The van der Waals surface area contributed by atoms with Crippen molar-refractivity contribution in [2.45, 2.75) is 20.4 Å². The maximum atomic E-state index is 12.4. The third kappa shape index (κ3) is 5.84. The predicted octanol–water partition coefficient (Wildman–Crippen LogP) is 4.90. The normalized spacial score (nSPS) is 10.4. The summed E-state index contributed by atoms with van der Waals surface area (Å²) >= 11 is 6.15. The lowest BCUT2D eigenvalue weighted by molar-refractivity contribution is -0.118. The van der Waals surface area contributed by atoms with Gasteiger partial charge in [0.2, 0.25) is 0 Å². The van der Waals surface area contributed by atoms with Crippen LogP contribution >= 0.6 is 11.6 Å². The minimum atomic E-state index is -0.318. The van der Waals surface area contributed by atoms with E-state index in [2.05, 4.69) is 10.6 Å². The molecule has 0 aliphatic heterocycles. The molecular formula is C24H23ClN2O3. The average molecular weight is 423 g/mol. The highest BCUT2D eigenvalue weighted by atomic mass is 35.5. The molecule has 0 aliphatic rings. The van der Waals surface area contributed by atoms with Crippen LogP contribution in [0.3, 0.4) is 0 Å². The second-order valence-corrected chi connectivity index (χ2v) is 7.33. The third-order valence-electron chi connectivity index (χ3n) is 4.48. The van der Waals surface area contributed by atoms with Gasteiger partial charge >= 0.3 is 0 Å². The first kappa shape index (κ1) is 21.4. The Morgan fingerprint density at radius 2 is 1.63 bits per heavy atom. The molecule has 3 rings (SSSR count). The predicted molar refractivity (Wildman–Crippen MR) is 119 cm³/mol. The van der Waals surface area contributed by atoms with E-state index in [-0.39, 0.29) is 18.4 Å². The van der Waals surface area contributed by atoms with E-state index in [0.717, 1.165) is 16.7 Å². The second kappa shape index (κ2) is 9.94. The molecule has 154 valence electrons. The standard InChI is InChI=1S/C24H23ClN2O3/c1-16-11-21(12-17(2)23(16)25)30-15-22(28)27-20-10-6-9-19(13-20)24(29)26-14-18-7-4-3-5-8-18/h3-13H,14-15H2,1-2H3,(H,26,29)(H,27,28). The summed E-state index contributed by atoms with van der Waals surface area (Å²) < 4.78 is 5.57. The molecule has 0 heterocycles. The van der Waals surface area contributed by atoms with Crippen molar-refractivity contribution >= 4 is 29.1 Å². The van der Waals surface area contributed by atoms with E-state index in [1.807, 2.05) is 44.2 Å². The first-order chi connectivity index (χ1) is 14.4. The number of anilines is 1. The highest BCUT2D eigenvalue weighted by Crippen LogP contribution is 2.25. The van der Waals surface area contributed by atoms with Crippen LogP contribution in [-0.4, -0.2) is 18.4 Å². The lowest BCUT2D eigenvalue weighted by Gasteiger charge is -2.11. The van der Waals surface area contributed by atoms with E-state index in [4.69, 9.17) is 16.3 Å². The van der Waals surface area contributed by atoms with Gasteiger partial charge in [0.1, 0.15) is 5.75 Å². The number of nitrogens with one attached hydrogen (secondary N) is 2. The van der Waals surface area contributed by atoms with Crippen molar-refractivity contribution in [3.05, 3.63) is 94.0 Å². The Labute approximate surface area is 181 Å². The van der Waals surface area contributed by atoms with E-state index in [1.54, 1.807) is 36.4 Å². The zero-order chi connectivity index (χ0) is 21.5. The lowest BCUT2D eigenvalue weighted by Crippen LogP contribution is -2.23. The SMILES string of the molecule is Cc1cc(OCC(=O)Nc2cccc(C(=O)NCc3ccccc3)c2)cc(C)c1Cl. The molecule has 30 heavy (non-hydrogen) atoms. The van der Waals surface area contributed by atoms with Crippen LogP contribution in [0, 0.1) is 13.8 Å². The Bertz CT molecular complexity index is 1030. The molecule has 0 fully saturated rings. The van der Waals surface area contributed by atoms with E-state index < -0.39 is 0 Å². The number of ether oxygens (including phenoxy) is 1. The molecular weight excluding hydrogens is 400 g/mol. The zero-order valence-electron chi connectivity index (χ0n) is 16.9. The number of benzene rings is 3. The fourth-order valence-electron chi connectivity index (χ4n) is 2.95. The summed E-state index contributed by atoms with van der Waals surface area (Å²) in [5.41, 5.74) is 3.79.